The van der Waals surface area contributed by atoms with Crippen molar-refractivity contribution >= 4 is 5.91 Å². The minimum absolute atomic E-state index is 0.0123. The fourth-order valence-corrected chi connectivity index (χ4v) is 1.88. The summed E-state index contributed by atoms with van der Waals surface area (Å²) in [5, 5.41) is 0. The highest BCUT2D eigenvalue weighted by atomic mass is 16.5. The summed E-state index contributed by atoms with van der Waals surface area (Å²) in [6.07, 6.45) is 0. The van der Waals surface area contributed by atoms with E-state index in [-0.39, 0.29) is 11.3 Å². The van der Waals surface area contributed by atoms with E-state index in [0.29, 0.717) is 11.3 Å². The number of hydrogen-bond acceptors (Lipinski definition) is 2. The Kier molecular flexibility index (Phi) is 4.05. The van der Waals surface area contributed by atoms with Crippen LogP contribution in [0, 0.1) is 6.92 Å². The van der Waals surface area contributed by atoms with Gasteiger partial charge in [0.15, 0.2) is 0 Å². The molecule has 0 aliphatic rings. The van der Waals surface area contributed by atoms with Crippen molar-refractivity contribution in [1.29, 1.82) is 0 Å². The Morgan fingerprint density at radius 2 is 1.78 bits per heavy atom. The fourth-order valence-electron chi connectivity index (χ4n) is 1.88. The molecule has 0 spiro atoms. The second kappa shape index (κ2) is 5.01. The van der Waals surface area contributed by atoms with Crippen LogP contribution in [0.4, 0.5) is 0 Å². The summed E-state index contributed by atoms with van der Waals surface area (Å²) >= 11 is 0. The highest BCUT2D eigenvalue weighted by molar-refractivity contribution is 5.97. The summed E-state index contributed by atoms with van der Waals surface area (Å²) in [5.41, 5.74) is 2.78. The van der Waals surface area contributed by atoms with Crippen molar-refractivity contribution in [2.24, 2.45) is 0 Å². The molecule has 1 aromatic rings. The average molecular weight is 249 g/mol. The third-order valence-corrected chi connectivity index (χ3v) is 2.98. The summed E-state index contributed by atoms with van der Waals surface area (Å²) in [7, 11) is 5.10. The number of ether oxygens (including phenoxy) is 1. The van der Waals surface area contributed by atoms with Crippen molar-refractivity contribution in [1.82, 2.24) is 4.90 Å². The monoisotopic (exact) mass is 249 g/mol. The Hall–Kier alpha value is -1.51. The first-order chi connectivity index (χ1) is 8.18. The van der Waals surface area contributed by atoms with E-state index in [2.05, 4.69) is 26.8 Å². The van der Waals surface area contributed by atoms with Crippen LogP contribution < -0.4 is 4.74 Å². The second-order valence-electron chi connectivity index (χ2n) is 5.82. The lowest BCUT2D eigenvalue weighted by Crippen LogP contribution is -2.23. The highest BCUT2D eigenvalue weighted by Gasteiger charge is 2.22. The predicted octanol–water partition coefficient (Wildman–Crippen LogP) is 3.00. The van der Waals surface area contributed by atoms with Gasteiger partial charge in [0.05, 0.1) is 12.7 Å². The maximum Gasteiger partial charge on any atom is 0.257 e. The van der Waals surface area contributed by atoms with Gasteiger partial charge in [-0.3, -0.25) is 4.79 Å². The Morgan fingerprint density at radius 3 is 2.17 bits per heavy atom. The molecular weight excluding hydrogens is 226 g/mol. The summed E-state index contributed by atoms with van der Waals surface area (Å²) in [6, 6.07) is 4.03. The Balaban J connectivity index is 3.47. The van der Waals surface area contributed by atoms with Crippen LogP contribution in [0.3, 0.4) is 0 Å². The van der Waals surface area contributed by atoms with E-state index < -0.39 is 0 Å². The molecule has 0 heterocycles. The SMILES string of the molecule is COc1c(C)cc(C(C)(C)C)cc1C(=O)N(C)C. The van der Waals surface area contributed by atoms with Gasteiger partial charge in [-0.1, -0.05) is 26.8 Å². The van der Waals surface area contributed by atoms with Gasteiger partial charge < -0.3 is 9.64 Å². The molecule has 0 saturated carbocycles. The molecule has 0 unspecified atom stereocenters. The van der Waals surface area contributed by atoms with E-state index in [1.165, 1.54) is 0 Å². The Labute approximate surface area is 110 Å². The summed E-state index contributed by atoms with van der Waals surface area (Å²) in [5.74, 6) is 0.641. The zero-order valence-electron chi connectivity index (χ0n) is 12.4. The van der Waals surface area contributed by atoms with E-state index in [1.54, 1.807) is 26.1 Å². The fraction of sp³-hybridized carbons (Fsp3) is 0.533. The Bertz CT molecular complexity index is 456. The number of aryl methyl sites for hydroxylation is 1. The molecular formula is C15H23NO2. The number of hydrogen-bond donors (Lipinski definition) is 0. The number of amides is 1. The van der Waals surface area contributed by atoms with Crippen molar-refractivity contribution in [3.63, 3.8) is 0 Å². The summed E-state index contributed by atoms with van der Waals surface area (Å²) < 4.78 is 5.37. The van der Waals surface area contributed by atoms with Crippen LogP contribution in [-0.2, 0) is 5.41 Å². The van der Waals surface area contributed by atoms with Crippen molar-refractivity contribution in [2.75, 3.05) is 21.2 Å². The molecule has 0 aliphatic heterocycles. The van der Waals surface area contributed by atoms with E-state index in [1.807, 2.05) is 13.0 Å². The van der Waals surface area contributed by atoms with Crippen molar-refractivity contribution in [3.8, 4) is 5.75 Å². The molecule has 0 bridgehead atoms. The van der Waals surface area contributed by atoms with Gasteiger partial charge >= 0.3 is 0 Å². The lowest BCUT2D eigenvalue weighted by Gasteiger charge is -2.23. The number of nitrogens with zero attached hydrogens (tertiary/aromatic N) is 1. The van der Waals surface area contributed by atoms with Crippen LogP contribution >= 0.6 is 0 Å². The predicted molar refractivity (Wildman–Crippen MR) is 74.4 cm³/mol. The van der Waals surface area contributed by atoms with Crippen LogP contribution in [-0.4, -0.2) is 32.0 Å². The zero-order chi connectivity index (χ0) is 14.1. The molecule has 0 N–H and O–H groups in total. The minimum atomic E-state index is -0.0268. The topological polar surface area (TPSA) is 29.5 Å². The number of carbonyl (C=O) groups excluding carboxylic acids is 1. The van der Waals surface area contributed by atoms with E-state index in [0.717, 1.165) is 11.1 Å². The van der Waals surface area contributed by atoms with Crippen LogP contribution in [0.25, 0.3) is 0 Å². The van der Waals surface area contributed by atoms with E-state index in [9.17, 15) is 4.79 Å². The normalized spacial score (nSPS) is 11.3. The molecule has 1 amide bonds. The highest BCUT2D eigenvalue weighted by Crippen LogP contribution is 2.31. The molecule has 0 atom stereocenters. The molecule has 3 nitrogen and oxygen atoms in total. The molecule has 0 radical (unpaired) electrons. The van der Waals surface area contributed by atoms with Crippen LogP contribution in [0.2, 0.25) is 0 Å². The molecule has 3 heteroatoms. The van der Waals surface area contributed by atoms with Gasteiger partial charge in [-0.2, -0.15) is 0 Å². The third kappa shape index (κ3) is 2.84. The van der Waals surface area contributed by atoms with Gasteiger partial charge in [0, 0.05) is 14.1 Å². The Morgan fingerprint density at radius 1 is 1.22 bits per heavy atom. The van der Waals surface area contributed by atoms with Crippen LogP contribution in [0.1, 0.15) is 42.3 Å². The quantitative estimate of drug-likeness (QED) is 0.806. The lowest BCUT2D eigenvalue weighted by molar-refractivity contribution is 0.0824. The minimum Gasteiger partial charge on any atom is -0.496 e. The summed E-state index contributed by atoms with van der Waals surface area (Å²) in [6.45, 7) is 8.38. The standard InChI is InChI=1S/C15H23NO2/c1-10-8-11(15(2,3)4)9-12(13(10)18-7)14(17)16(5)6/h8-9H,1-7H3. The molecule has 0 fully saturated rings. The molecule has 1 rings (SSSR count). The van der Waals surface area contributed by atoms with E-state index >= 15 is 0 Å². The maximum absolute atomic E-state index is 12.2. The van der Waals surface area contributed by atoms with Gasteiger partial charge in [0.2, 0.25) is 0 Å². The van der Waals surface area contributed by atoms with Crippen LogP contribution in [0.15, 0.2) is 12.1 Å². The molecule has 1 aromatic carbocycles. The number of benzene rings is 1. The van der Waals surface area contributed by atoms with Crippen molar-refractivity contribution < 1.29 is 9.53 Å². The average Bonchev–Trinajstić information content (AvgIpc) is 2.25. The molecule has 100 valence electrons. The van der Waals surface area contributed by atoms with Gasteiger partial charge in [0.25, 0.3) is 5.91 Å². The molecule has 0 saturated heterocycles. The molecule has 0 aliphatic carbocycles. The number of methoxy groups -OCH3 is 1. The maximum atomic E-state index is 12.2. The second-order valence-corrected chi connectivity index (χ2v) is 5.82. The van der Waals surface area contributed by atoms with Crippen LogP contribution in [0.5, 0.6) is 5.75 Å². The van der Waals surface area contributed by atoms with E-state index in [4.69, 9.17) is 4.74 Å². The van der Waals surface area contributed by atoms with Crippen molar-refractivity contribution in [3.05, 3.63) is 28.8 Å². The third-order valence-electron chi connectivity index (χ3n) is 2.98. The first kappa shape index (κ1) is 14.6. The van der Waals surface area contributed by atoms with Crippen molar-refractivity contribution in [2.45, 2.75) is 33.1 Å². The summed E-state index contributed by atoms with van der Waals surface area (Å²) in [4.78, 5) is 13.8. The zero-order valence-corrected chi connectivity index (χ0v) is 12.4. The molecule has 0 aromatic heterocycles. The van der Waals surface area contributed by atoms with Gasteiger partial charge in [-0.05, 0) is 29.5 Å². The smallest absolute Gasteiger partial charge is 0.257 e. The molecule has 18 heavy (non-hydrogen) atoms. The number of rotatable bonds is 2. The lowest BCUT2D eigenvalue weighted by atomic mass is 9.84. The van der Waals surface area contributed by atoms with Gasteiger partial charge in [0.1, 0.15) is 5.75 Å². The van der Waals surface area contributed by atoms with Gasteiger partial charge in [-0.25, -0.2) is 0 Å². The first-order valence-corrected chi connectivity index (χ1v) is 6.09. The first-order valence-electron chi connectivity index (χ1n) is 6.09. The number of carbonyl (C=O) groups is 1. The van der Waals surface area contributed by atoms with Gasteiger partial charge in [-0.15, -0.1) is 0 Å². The largest absolute Gasteiger partial charge is 0.496 e.